The Hall–Kier alpha value is -3.22. The van der Waals surface area contributed by atoms with Crippen molar-refractivity contribution in [1.29, 1.82) is 0 Å². The molecule has 0 saturated carbocycles. The molecule has 0 fully saturated rings. The summed E-state index contributed by atoms with van der Waals surface area (Å²) in [5.41, 5.74) is 3.01. The second kappa shape index (κ2) is 7.57. The number of nitrogens with one attached hydrogen (secondary N) is 1. The van der Waals surface area contributed by atoms with Gasteiger partial charge in [0.25, 0.3) is 5.91 Å². The summed E-state index contributed by atoms with van der Waals surface area (Å²) >= 11 is 0. The highest BCUT2D eigenvalue weighted by atomic mass is 19.1. The van der Waals surface area contributed by atoms with Gasteiger partial charge >= 0.3 is 0 Å². The second-order valence-electron chi connectivity index (χ2n) is 6.20. The fraction of sp³-hybridized carbons (Fsp3) is 0.200. The van der Waals surface area contributed by atoms with E-state index in [1.807, 2.05) is 32.0 Å². The van der Waals surface area contributed by atoms with Crippen molar-refractivity contribution in [3.05, 3.63) is 76.2 Å². The lowest BCUT2D eigenvalue weighted by Crippen LogP contribution is -2.16. The van der Waals surface area contributed by atoms with Crippen LogP contribution in [0.1, 0.15) is 32.9 Å². The third-order valence-electron chi connectivity index (χ3n) is 4.11. The quantitative estimate of drug-likeness (QED) is 0.704. The number of carbonyl (C=O) groups is 1. The lowest BCUT2D eigenvalue weighted by atomic mass is 10.1. The van der Waals surface area contributed by atoms with Crippen molar-refractivity contribution < 1.29 is 22.8 Å². The number of amides is 1. The molecule has 0 saturated heterocycles. The zero-order valence-corrected chi connectivity index (χ0v) is 15.1. The number of ether oxygens (including phenoxy) is 1. The number of hydrogen-bond acceptors (Lipinski definition) is 4. The molecule has 0 aliphatic heterocycles. The molecular formula is C20H18F2N2O3. The predicted molar refractivity (Wildman–Crippen MR) is 95.8 cm³/mol. The number of halogens is 2. The molecule has 5 nitrogen and oxygen atoms in total. The van der Waals surface area contributed by atoms with Crippen LogP contribution in [0.25, 0.3) is 0 Å². The second-order valence-corrected chi connectivity index (χ2v) is 6.20. The first-order valence-corrected chi connectivity index (χ1v) is 8.26. The van der Waals surface area contributed by atoms with Crippen LogP contribution in [-0.4, -0.2) is 11.1 Å². The molecule has 0 atom stereocenters. The van der Waals surface area contributed by atoms with E-state index in [1.165, 1.54) is 6.07 Å². The van der Waals surface area contributed by atoms with E-state index in [2.05, 4.69) is 10.5 Å². The maximum absolute atomic E-state index is 13.7. The van der Waals surface area contributed by atoms with E-state index < -0.39 is 17.5 Å². The number of carbonyl (C=O) groups excluding carboxylic acids is 1. The van der Waals surface area contributed by atoms with Crippen molar-refractivity contribution in [3.63, 3.8) is 0 Å². The Balaban J connectivity index is 1.79. The molecule has 140 valence electrons. The topological polar surface area (TPSA) is 64.4 Å². The molecule has 3 aromatic rings. The molecule has 0 aliphatic rings. The molecule has 7 heteroatoms. The normalized spacial score (nSPS) is 10.7. The van der Waals surface area contributed by atoms with Crippen molar-refractivity contribution in [2.75, 3.05) is 5.32 Å². The molecule has 0 aliphatic carbocycles. The van der Waals surface area contributed by atoms with E-state index >= 15 is 0 Å². The van der Waals surface area contributed by atoms with E-state index in [1.54, 1.807) is 6.92 Å². The summed E-state index contributed by atoms with van der Waals surface area (Å²) in [7, 11) is 0. The fourth-order valence-corrected chi connectivity index (χ4v) is 2.53. The van der Waals surface area contributed by atoms with Crippen molar-refractivity contribution >= 4 is 11.6 Å². The molecule has 1 aromatic heterocycles. The van der Waals surface area contributed by atoms with E-state index in [0.29, 0.717) is 17.0 Å². The molecule has 0 bridgehead atoms. The van der Waals surface area contributed by atoms with Gasteiger partial charge in [-0.3, -0.25) is 4.79 Å². The summed E-state index contributed by atoms with van der Waals surface area (Å²) in [6.07, 6.45) is 0. The predicted octanol–water partition coefficient (Wildman–Crippen LogP) is 4.71. The first-order chi connectivity index (χ1) is 12.8. The highest BCUT2D eigenvalue weighted by Gasteiger charge is 2.21. The van der Waals surface area contributed by atoms with Crippen LogP contribution < -0.4 is 10.1 Å². The zero-order chi connectivity index (χ0) is 19.6. The number of aromatic nitrogens is 1. The van der Waals surface area contributed by atoms with Crippen LogP contribution in [0.5, 0.6) is 5.75 Å². The Kier molecular flexibility index (Phi) is 5.21. The van der Waals surface area contributed by atoms with Crippen LogP contribution in [0.2, 0.25) is 0 Å². The Morgan fingerprint density at radius 3 is 2.67 bits per heavy atom. The molecule has 3 rings (SSSR count). The van der Waals surface area contributed by atoms with Gasteiger partial charge in [0.2, 0.25) is 0 Å². The lowest BCUT2D eigenvalue weighted by molar-refractivity contribution is 0.101. The molecule has 27 heavy (non-hydrogen) atoms. The summed E-state index contributed by atoms with van der Waals surface area (Å²) in [6.45, 7) is 5.28. The number of benzene rings is 2. The van der Waals surface area contributed by atoms with E-state index in [9.17, 15) is 13.6 Å². The van der Waals surface area contributed by atoms with Crippen molar-refractivity contribution in [1.82, 2.24) is 5.16 Å². The van der Waals surface area contributed by atoms with Gasteiger partial charge in [-0.2, -0.15) is 0 Å². The van der Waals surface area contributed by atoms with Gasteiger partial charge in [-0.1, -0.05) is 17.3 Å². The largest absolute Gasteiger partial charge is 0.486 e. The lowest BCUT2D eigenvalue weighted by Gasteiger charge is -2.10. The summed E-state index contributed by atoms with van der Waals surface area (Å²) in [6, 6.07) is 8.70. The fourth-order valence-electron chi connectivity index (χ4n) is 2.53. The molecule has 0 unspecified atom stereocenters. The Bertz CT molecular complexity index is 999. The highest BCUT2D eigenvalue weighted by molar-refractivity contribution is 6.04. The smallest absolute Gasteiger partial charge is 0.278 e. The van der Waals surface area contributed by atoms with Gasteiger partial charge in [0.15, 0.2) is 17.3 Å². The Morgan fingerprint density at radius 1 is 1.15 bits per heavy atom. The van der Waals surface area contributed by atoms with Crippen LogP contribution in [0.15, 0.2) is 40.9 Å². The first-order valence-electron chi connectivity index (χ1n) is 8.26. The highest BCUT2D eigenvalue weighted by Crippen LogP contribution is 2.23. The maximum atomic E-state index is 13.7. The molecule has 0 spiro atoms. The van der Waals surface area contributed by atoms with Crippen molar-refractivity contribution in [3.8, 4) is 5.75 Å². The van der Waals surface area contributed by atoms with Gasteiger partial charge in [-0.15, -0.1) is 0 Å². The maximum Gasteiger partial charge on any atom is 0.278 e. The molecular weight excluding hydrogens is 354 g/mol. The van der Waals surface area contributed by atoms with E-state index in [0.717, 1.165) is 23.3 Å². The van der Waals surface area contributed by atoms with Crippen LogP contribution in [0.4, 0.5) is 14.5 Å². The molecule has 0 radical (unpaired) electrons. The van der Waals surface area contributed by atoms with Crippen LogP contribution in [0.3, 0.4) is 0 Å². The summed E-state index contributed by atoms with van der Waals surface area (Å²) in [5, 5.41) is 6.59. The van der Waals surface area contributed by atoms with Gasteiger partial charge in [-0.25, -0.2) is 8.78 Å². The molecule has 2 aromatic carbocycles. The van der Waals surface area contributed by atoms with Gasteiger partial charge in [0, 0.05) is 11.8 Å². The van der Waals surface area contributed by atoms with Crippen LogP contribution in [-0.2, 0) is 6.61 Å². The Morgan fingerprint density at radius 2 is 1.93 bits per heavy atom. The van der Waals surface area contributed by atoms with Gasteiger partial charge < -0.3 is 14.6 Å². The van der Waals surface area contributed by atoms with Gasteiger partial charge in [-0.05, 0) is 50.1 Å². The average Bonchev–Trinajstić information content (AvgIpc) is 2.98. The van der Waals surface area contributed by atoms with Crippen molar-refractivity contribution in [2.45, 2.75) is 27.4 Å². The summed E-state index contributed by atoms with van der Waals surface area (Å²) in [4.78, 5) is 12.6. The number of aryl methyl sites for hydroxylation is 3. The summed E-state index contributed by atoms with van der Waals surface area (Å²) in [5.74, 6) is -1.74. The van der Waals surface area contributed by atoms with Crippen LogP contribution >= 0.6 is 0 Å². The minimum absolute atomic E-state index is 0.0518. The SMILES string of the molecule is Cc1ccc(C)c(NC(=O)c2noc(C)c2COc2ccc(F)cc2F)c1. The Labute approximate surface area is 154 Å². The van der Waals surface area contributed by atoms with Crippen molar-refractivity contribution in [2.24, 2.45) is 0 Å². The number of hydrogen-bond donors (Lipinski definition) is 1. The summed E-state index contributed by atoms with van der Waals surface area (Å²) < 4.78 is 37.2. The molecule has 1 heterocycles. The van der Waals surface area contributed by atoms with Crippen LogP contribution in [0, 0.1) is 32.4 Å². The van der Waals surface area contributed by atoms with Gasteiger partial charge in [0.05, 0.1) is 5.56 Å². The van der Waals surface area contributed by atoms with E-state index in [4.69, 9.17) is 9.26 Å². The minimum Gasteiger partial charge on any atom is -0.486 e. The zero-order valence-electron chi connectivity index (χ0n) is 15.1. The third kappa shape index (κ3) is 4.13. The third-order valence-corrected chi connectivity index (χ3v) is 4.11. The standard InChI is InChI=1S/C20H18F2N2O3/c1-11-4-5-12(2)17(8-11)23-20(25)19-15(13(3)27-24-19)10-26-18-7-6-14(21)9-16(18)22/h4-9H,10H2,1-3H3,(H,23,25). The number of anilines is 1. The first kappa shape index (κ1) is 18.6. The molecule has 1 amide bonds. The number of nitrogens with zero attached hydrogens (tertiary/aromatic N) is 1. The number of rotatable bonds is 5. The van der Waals surface area contributed by atoms with E-state index in [-0.39, 0.29) is 18.1 Å². The minimum atomic E-state index is -0.828. The average molecular weight is 372 g/mol. The van der Waals surface area contributed by atoms with Gasteiger partial charge in [0.1, 0.15) is 18.2 Å². The monoisotopic (exact) mass is 372 g/mol. The molecule has 1 N–H and O–H groups in total.